The van der Waals surface area contributed by atoms with Gasteiger partial charge in [0, 0.05) is 31.5 Å². The molecule has 0 unspecified atom stereocenters. The Labute approximate surface area is 323 Å². The zero-order chi connectivity index (χ0) is 39.8. The fourth-order valence-electron chi connectivity index (χ4n) is 8.52. The summed E-state index contributed by atoms with van der Waals surface area (Å²) in [5.74, 6) is -2.75. The number of allylic oxidation sites excluding steroid dienone is 1. The lowest BCUT2D eigenvalue weighted by atomic mass is 9.95. The average Bonchev–Trinajstić information content (AvgIpc) is 4.02. The van der Waals surface area contributed by atoms with Crippen LogP contribution in [0.5, 0.6) is 0 Å². The van der Waals surface area contributed by atoms with Crippen LogP contribution in [0.4, 0.5) is 22.8 Å². The van der Waals surface area contributed by atoms with Crippen LogP contribution in [0.2, 0.25) is 0 Å². The number of nitrogens with zero attached hydrogens (tertiary/aromatic N) is 2. The number of fused-ring (bicyclic) bond motifs is 3. The molecule has 0 bridgehead atoms. The summed E-state index contributed by atoms with van der Waals surface area (Å²) in [7, 11) is -3.96. The minimum Gasteiger partial charge on any atom is -0.444 e. The van der Waals surface area contributed by atoms with E-state index in [9.17, 15) is 45.6 Å². The second-order valence-electron chi connectivity index (χ2n) is 16.0. The Morgan fingerprint density at radius 1 is 0.964 bits per heavy atom. The number of hydrogen-bond donors (Lipinski definition) is 4. The van der Waals surface area contributed by atoms with Gasteiger partial charge in [-0.25, -0.2) is 18.0 Å². The van der Waals surface area contributed by atoms with Gasteiger partial charge < -0.3 is 30.5 Å². The first-order valence-electron chi connectivity index (χ1n) is 19.7. The number of rotatable bonds is 6. The van der Waals surface area contributed by atoms with E-state index in [0.717, 1.165) is 43.1 Å². The second kappa shape index (κ2) is 15.9. The lowest BCUT2D eigenvalue weighted by Gasteiger charge is -2.31. The van der Waals surface area contributed by atoms with Crippen molar-refractivity contribution in [3.05, 3.63) is 47.0 Å². The molecule has 4 fully saturated rings. The fraction of sp³-hybridized carbons (Fsp3) is 0.658. The van der Waals surface area contributed by atoms with Crippen molar-refractivity contribution in [2.75, 3.05) is 13.1 Å². The molecule has 3 aliphatic heterocycles. The van der Waals surface area contributed by atoms with Crippen LogP contribution in [0.25, 0.3) is 0 Å². The predicted molar refractivity (Wildman–Crippen MR) is 195 cm³/mol. The number of carbonyl (C=O) groups excluding carboxylic acids is 5. The van der Waals surface area contributed by atoms with Crippen LogP contribution in [0.1, 0.15) is 100 Å². The van der Waals surface area contributed by atoms with Crippen molar-refractivity contribution in [2.45, 2.75) is 138 Å². The smallest absolute Gasteiger partial charge is 0.416 e. The van der Waals surface area contributed by atoms with Gasteiger partial charge in [0.1, 0.15) is 23.7 Å². The van der Waals surface area contributed by atoms with E-state index in [2.05, 4.69) is 20.7 Å². The fourth-order valence-corrected chi connectivity index (χ4v) is 9.89. The molecule has 4 N–H and O–H groups in total. The Hall–Kier alpha value is -4.35. The van der Waals surface area contributed by atoms with Crippen molar-refractivity contribution in [1.82, 2.24) is 30.5 Å². The molecule has 3 saturated carbocycles. The highest BCUT2D eigenvalue weighted by Gasteiger charge is 2.62. The lowest BCUT2D eigenvalue weighted by molar-refractivity contribution is -0.141. The maximum Gasteiger partial charge on any atom is 0.416 e. The van der Waals surface area contributed by atoms with E-state index in [1.54, 1.807) is 12.1 Å². The van der Waals surface area contributed by atoms with Gasteiger partial charge in [0.15, 0.2) is 0 Å². The normalized spacial score (nSPS) is 28.8. The highest BCUT2D eigenvalue weighted by atomic mass is 32.2. The number of sulfonamides is 1. The van der Waals surface area contributed by atoms with Crippen molar-refractivity contribution < 1.29 is 50.3 Å². The van der Waals surface area contributed by atoms with E-state index in [0.29, 0.717) is 37.7 Å². The van der Waals surface area contributed by atoms with Crippen molar-refractivity contribution >= 4 is 39.9 Å². The first kappa shape index (κ1) is 39.9. The first-order chi connectivity index (χ1) is 26.6. The van der Waals surface area contributed by atoms with E-state index < -0.39 is 86.5 Å². The molecule has 14 nitrogen and oxygen atoms in total. The predicted octanol–water partition coefficient (Wildman–Crippen LogP) is 3.78. The van der Waals surface area contributed by atoms with Gasteiger partial charge >= 0.3 is 18.3 Å². The third kappa shape index (κ3) is 8.79. The molecule has 5 atom stereocenters. The number of halogens is 3. The lowest BCUT2D eigenvalue weighted by Crippen LogP contribution is -2.59. The molecule has 3 aliphatic carbocycles. The molecule has 56 heavy (non-hydrogen) atoms. The maximum absolute atomic E-state index is 14.4. The minimum absolute atomic E-state index is 0.0260. The van der Waals surface area contributed by atoms with E-state index >= 15 is 0 Å². The van der Waals surface area contributed by atoms with Crippen LogP contribution in [0, 0.1) is 5.92 Å². The molecule has 0 spiro atoms. The Balaban J connectivity index is 1.13. The van der Waals surface area contributed by atoms with Crippen molar-refractivity contribution in [2.24, 2.45) is 5.92 Å². The van der Waals surface area contributed by atoms with Crippen LogP contribution in [0.3, 0.4) is 0 Å². The molecular weight excluding hydrogens is 758 g/mol. The number of urea groups is 1. The number of carbonyl (C=O) groups is 5. The summed E-state index contributed by atoms with van der Waals surface area (Å²) in [6.45, 7) is -0.520. The Morgan fingerprint density at radius 3 is 2.45 bits per heavy atom. The van der Waals surface area contributed by atoms with E-state index in [-0.39, 0.29) is 56.9 Å². The summed E-state index contributed by atoms with van der Waals surface area (Å²) < 4.78 is 75.1. The number of ether oxygens (including phenoxy) is 1. The zero-order valence-corrected chi connectivity index (χ0v) is 31.9. The van der Waals surface area contributed by atoms with Gasteiger partial charge in [0.25, 0.3) is 5.91 Å². The summed E-state index contributed by atoms with van der Waals surface area (Å²) in [5.41, 5.74) is -1.99. The van der Waals surface area contributed by atoms with Crippen LogP contribution >= 0.6 is 0 Å². The van der Waals surface area contributed by atoms with Gasteiger partial charge in [-0.15, -0.1) is 0 Å². The van der Waals surface area contributed by atoms with Gasteiger partial charge in [-0.05, 0) is 75.0 Å². The molecule has 1 aromatic carbocycles. The van der Waals surface area contributed by atoms with Crippen LogP contribution in [0.15, 0.2) is 30.4 Å². The summed E-state index contributed by atoms with van der Waals surface area (Å²) in [6.07, 6.45) is 4.56. The molecule has 18 heteroatoms. The monoisotopic (exact) mass is 806 g/mol. The number of nitrogens with one attached hydrogen (secondary N) is 4. The number of alkyl halides is 3. The summed E-state index contributed by atoms with van der Waals surface area (Å²) in [4.78, 5) is 71.5. The van der Waals surface area contributed by atoms with Crippen LogP contribution in [-0.4, -0.2) is 96.2 Å². The van der Waals surface area contributed by atoms with Crippen molar-refractivity contribution in [3.63, 3.8) is 0 Å². The van der Waals surface area contributed by atoms with Crippen LogP contribution in [-0.2, 0) is 48.3 Å². The maximum atomic E-state index is 14.4. The standard InChI is InChI=1S/C38H49F3N6O8S/c39-38(40,41)29-13-8-9-23-17-18-46(22-28(23)29)36(52)55-26-19-31-32(48)44-37(34(50)45-56(53,54)27-15-16-27)20-24(37)10-4-2-1-3-5-14-30(33(49)47(31)21-26)43-35(51)42-25-11-6-7-12-25/h4,8-10,13,24-27,30-31H,1-3,5-7,11-12,14-22H2,(H,44,48)(H,45,50)(H2,42,43,51)/t24-,26-,30+,31+,37-/m1/s1. The second-order valence-corrected chi connectivity index (χ2v) is 18.0. The molecule has 1 aromatic rings. The van der Waals surface area contributed by atoms with E-state index in [1.165, 1.54) is 11.0 Å². The first-order valence-corrected chi connectivity index (χ1v) is 21.2. The van der Waals surface area contributed by atoms with Gasteiger partial charge in [-0.2, -0.15) is 13.2 Å². The minimum atomic E-state index is -4.63. The molecule has 1 saturated heterocycles. The quantitative estimate of drug-likeness (QED) is 0.313. The average molecular weight is 807 g/mol. The highest BCUT2D eigenvalue weighted by Crippen LogP contribution is 2.46. The Kier molecular flexibility index (Phi) is 11.3. The Bertz CT molecular complexity index is 1870. The van der Waals surface area contributed by atoms with Crippen molar-refractivity contribution in [3.8, 4) is 0 Å². The Morgan fingerprint density at radius 2 is 1.71 bits per heavy atom. The van der Waals surface area contributed by atoms with Crippen LogP contribution < -0.4 is 20.7 Å². The van der Waals surface area contributed by atoms with E-state index in [4.69, 9.17) is 4.74 Å². The van der Waals surface area contributed by atoms with Gasteiger partial charge in [0.2, 0.25) is 21.8 Å². The SMILES string of the molecule is O=C(NC1CCCC1)N[C@H]1CCCCCC=C[C@@H]2C[C@@]2(C(=O)NS(=O)(=O)C2CC2)NC(=O)[C@@H]2C[C@@H](OC(=O)N3CCc4cccc(C(F)(F)F)c4C3)CN2C1=O. The molecule has 6 aliphatic rings. The van der Waals surface area contributed by atoms with E-state index in [1.807, 2.05) is 6.08 Å². The highest BCUT2D eigenvalue weighted by molar-refractivity contribution is 7.91. The largest absolute Gasteiger partial charge is 0.444 e. The van der Waals surface area contributed by atoms with Gasteiger partial charge in [-0.1, -0.05) is 50.0 Å². The number of benzene rings is 1. The molecule has 0 radical (unpaired) electrons. The number of amides is 6. The van der Waals surface area contributed by atoms with Gasteiger partial charge in [-0.3, -0.25) is 19.1 Å². The third-order valence-corrected chi connectivity index (χ3v) is 13.8. The summed E-state index contributed by atoms with van der Waals surface area (Å²) in [5, 5.41) is 7.82. The molecule has 0 aromatic heterocycles. The molecule has 3 heterocycles. The molecule has 306 valence electrons. The third-order valence-electron chi connectivity index (χ3n) is 11.9. The topological polar surface area (TPSA) is 183 Å². The van der Waals surface area contributed by atoms with Crippen molar-refractivity contribution in [1.29, 1.82) is 0 Å². The molecule has 6 amide bonds. The molecule has 7 rings (SSSR count). The summed E-state index contributed by atoms with van der Waals surface area (Å²) >= 11 is 0. The van der Waals surface area contributed by atoms with Gasteiger partial charge in [0.05, 0.1) is 17.4 Å². The summed E-state index contributed by atoms with van der Waals surface area (Å²) in [6, 6.07) is 1.01. The number of hydrogen-bond acceptors (Lipinski definition) is 8. The zero-order valence-electron chi connectivity index (χ0n) is 31.1. The molecular formula is C38H49F3N6O8S.